The molecule has 0 unspecified atom stereocenters. The van der Waals surface area contributed by atoms with Crippen molar-refractivity contribution in [3.63, 3.8) is 0 Å². The van der Waals surface area contributed by atoms with E-state index in [0.717, 1.165) is 12.5 Å². The van der Waals surface area contributed by atoms with Gasteiger partial charge in [-0.25, -0.2) is 0 Å². The fourth-order valence-electron chi connectivity index (χ4n) is 1.38. The molecule has 0 aliphatic heterocycles. The van der Waals surface area contributed by atoms with Gasteiger partial charge in [0.05, 0.1) is 0 Å². The minimum absolute atomic E-state index is 0.929. The monoisotopic (exact) mass is 239 g/mol. The van der Waals surface area contributed by atoms with E-state index < -0.39 is 0 Å². The quantitative estimate of drug-likeness (QED) is 0.851. The second-order valence-electron chi connectivity index (χ2n) is 3.74. The zero-order valence-corrected chi connectivity index (χ0v) is 9.39. The van der Waals surface area contributed by atoms with Gasteiger partial charge in [-0.3, -0.25) is 0 Å². The van der Waals surface area contributed by atoms with E-state index in [2.05, 4.69) is 46.4 Å². The molecule has 13 heavy (non-hydrogen) atoms. The second kappa shape index (κ2) is 3.70. The minimum Gasteiger partial charge on any atom is -0.385 e. The molecule has 2 heteroatoms. The van der Waals surface area contributed by atoms with Gasteiger partial charge >= 0.3 is 0 Å². The van der Waals surface area contributed by atoms with Gasteiger partial charge in [-0.05, 0) is 43.4 Å². The molecule has 0 spiro atoms. The van der Waals surface area contributed by atoms with E-state index in [4.69, 9.17) is 0 Å². The van der Waals surface area contributed by atoms with Crippen molar-refractivity contribution in [3.8, 4) is 0 Å². The minimum atomic E-state index is 0.929. The molecule has 1 aromatic carbocycles. The Morgan fingerprint density at radius 1 is 1.46 bits per heavy atom. The molecule has 1 N–H and O–H groups in total. The molecule has 2 rings (SSSR count). The van der Waals surface area contributed by atoms with E-state index in [1.54, 1.807) is 0 Å². The average Bonchev–Trinajstić information content (AvgIpc) is 2.91. The highest BCUT2D eigenvalue weighted by Crippen LogP contribution is 2.30. The standard InChI is InChI=1S/C11H14BrN/c1-8-10(12)3-2-4-11(8)13-7-9-5-6-9/h2-4,9,13H,5-7H2,1H3. The third-order valence-corrected chi connectivity index (χ3v) is 3.40. The predicted octanol–water partition coefficient (Wildman–Crippen LogP) is 3.58. The van der Waals surface area contributed by atoms with Crippen molar-refractivity contribution in [2.75, 3.05) is 11.9 Å². The van der Waals surface area contributed by atoms with Gasteiger partial charge in [0, 0.05) is 16.7 Å². The van der Waals surface area contributed by atoms with Gasteiger partial charge in [-0.15, -0.1) is 0 Å². The Morgan fingerprint density at radius 2 is 2.23 bits per heavy atom. The normalized spacial score (nSPS) is 15.8. The smallest absolute Gasteiger partial charge is 0.0381 e. The second-order valence-corrected chi connectivity index (χ2v) is 4.59. The van der Waals surface area contributed by atoms with Crippen LogP contribution in [0.1, 0.15) is 18.4 Å². The first kappa shape index (κ1) is 9.07. The van der Waals surface area contributed by atoms with Gasteiger partial charge in [0.2, 0.25) is 0 Å². The first-order chi connectivity index (χ1) is 6.27. The number of nitrogens with one attached hydrogen (secondary N) is 1. The number of halogens is 1. The van der Waals surface area contributed by atoms with E-state index in [0.29, 0.717) is 0 Å². The summed E-state index contributed by atoms with van der Waals surface area (Å²) >= 11 is 3.53. The number of benzene rings is 1. The van der Waals surface area contributed by atoms with E-state index in [-0.39, 0.29) is 0 Å². The maximum Gasteiger partial charge on any atom is 0.0381 e. The van der Waals surface area contributed by atoms with E-state index >= 15 is 0 Å². The van der Waals surface area contributed by atoms with Crippen LogP contribution in [-0.2, 0) is 0 Å². The Kier molecular flexibility index (Phi) is 2.58. The largest absolute Gasteiger partial charge is 0.385 e. The SMILES string of the molecule is Cc1c(Br)cccc1NCC1CC1. The summed E-state index contributed by atoms with van der Waals surface area (Å²) < 4.78 is 1.19. The molecule has 1 saturated carbocycles. The third-order valence-electron chi connectivity index (χ3n) is 2.55. The van der Waals surface area contributed by atoms with Gasteiger partial charge < -0.3 is 5.32 Å². The Bertz CT molecular complexity index is 305. The zero-order chi connectivity index (χ0) is 9.26. The molecule has 0 radical (unpaired) electrons. The number of rotatable bonds is 3. The Balaban J connectivity index is 2.05. The van der Waals surface area contributed by atoms with Gasteiger partial charge in [-0.2, -0.15) is 0 Å². The summed E-state index contributed by atoms with van der Waals surface area (Å²) in [5.74, 6) is 0.929. The fourth-order valence-corrected chi connectivity index (χ4v) is 1.74. The molecule has 70 valence electrons. The predicted molar refractivity (Wildman–Crippen MR) is 60.1 cm³/mol. The Labute approximate surface area is 87.7 Å². The van der Waals surface area contributed by atoms with Gasteiger partial charge in [0.25, 0.3) is 0 Å². The number of hydrogen-bond donors (Lipinski definition) is 1. The van der Waals surface area contributed by atoms with Crippen LogP contribution < -0.4 is 5.32 Å². The van der Waals surface area contributed by atoms with Gasteiger partial charge in [0.1, 0.15) is 0 Å². The summed E-state index contributed by atoms with van der Waals surface area (Å²) in [5.41, 5.74) is 2.57. The zero-order valence-electron chi connectivity index (χ0n) is 7.81. The molecular weight excluding hydrogens is 226 g/mol. The van der Waals surface area contributed by atoms with Crippen LogP contribution >= 0.6 is 15.9 Å². The number of hydrogen-bond acceptors (Lipinski definition) is 1. The van der Waals surface area contributed by atoms with Gasteiger partial charge in [-0.1, -0.05) is 22.0 Å². The van der Waals surface area contributed by atoms with Crippen molar-refractivity contribution in [2.24, 2.45) is 5.92 Å². The van der Waals surface area contributed by atoms with Crippen LogP contribution in [0.2, 0.25) is 0 Å². The molecule has 1 fully saturated rings. The first-order valence-electron chi connectivity index (χ1n) is 4.76. The molecular formula is C11H14BrN. The van der Waals surface area contributed by atoms with Crippen LogP contribution in [0.4, 0.5) is 5.69 Å². The summed E-state index contributed by atoms with van der Waals surface area (Å²) in [6.07, 6.45) is 2.81. The molecule has 0 amide bonds. The molecule has 0 aromatic heterocycles. The fraction of sp³-hybridized carbons (Fsp3) is 0.455. The molecule has 0 heterocycles. The molecule has 1 aliphatic rings. The molecule has 0 saturated heterocycles. The highest BCUT2D eigenvalue weighted by Gasteiger charge is 2.20. The van der Waals surface area contributed by atoms with Crippen LogP contribution in [0.25, 0.3) is 0 Å². The van der Waals surface area contributed by atoms with Crippen LogP contribution in [0, 0.1) is 12.8 Å². The van der Waals surface area contributed by atoms with Crippen molar-refractivity contribution >= 4 is 21.6 Å². The maximum atomic E-state index is 3.53. The van der Waals surface area contributed by atoms with Gasteiger partial charge in [0.15, 0.2) is 0 Å². The van der Waals surface area contributed by atoms with Crippen LogP contribution in [0.5, 0.6) is 0 Å². The third kappa shape index (κ3) is 2.25. The van der Waals surface area contributed by atoms with Crippen molar-refractivity contribution in [2.45, 2.75) is 19.8 Å². The van der Waals surface area contributed by atoms with Crippen LogP contribution in [-0.4, -0.2) is 6.54 Å². The van der Waals surface area contributed by atoms with Crippen molar-refractivity contribution in [3.05, 3.63) is 28.2 Å². The lowest BCUT2D eigenvalue weighted by atomic mass is 10.2. The van der Waals surface area contributed by atoms with E-state index in [9.17, 15) is 0 Å². The summed E-state index contributed by atoms with van der Waals surface area (Å²) in [6.45, 7) is 3.27. The maximum absolute atomic E-state index is 3.53. The van der Waals surface area contributed by atoms with Crippen molar-refractivity contribution in [1.29, 1.82) is 0 Å². The highest BCUT2D eigenvalue weighted by atomic mass is 79.9. The number of anilines is 1. The summed E-state index contributed by atoms with van der Waals surface area (Å²) in [4.78, 5) is 0. The average molecular weight is 240 g/mol. The lowest BCUT2D eigenvalue weighted by molar-refractivity contribution is 0.888. The lowest BCUT2D eigenvalue weighted by Gasteiger charge is -2.09. The van der Waals surface area contributed by atoms with Crippen LogP contribution in [0.15, 0.2) is 22.7 Å². The molecule has 1 aliphatic carbocycles. The van der Waals surface area contributed by atoms with Crippen molar-refractivity contribution < 1.29 is 0 Å². The van der Waals surface area contributed by atoms with Crippen LogP contribution in [0.3, 0.4) is 0 Å². The van der Waals surface area contributed by atoms with E-state index in [1.807, 2.05) is 0 Å². The Morgan fingerprint density at radius 3 is 2.92 bits per heavy atom. The molecule has 1 aromatic rings. The molecule has 0 bridgehead atoms. The highest BCUT2D eigenvalue weighted by molar-refractivity contribution is 9.10. The Hall–Kier alpha value is -0.500. The summed E-state index contributed by atoms with van der Waals surface area (Å²) in [7, 11) is 0. The first-order valence-corrected chi connectivity index (χ1v) is 5.55. The van der Waals surface area contributed by atoms with E-state index in [1.165, 1.54) is 28.6 Å². The van der Waals surface area contributed by atoms with Crippen molar-refractivity contribution in [1.82, 2.24) is 0 Å². The summed E-state index contributed by atoms with van der Waals surface area (Å²) in [5, 5.41) is 3.49. The lowest BCUT2D eigenvalue weighted by Crippen LogP contribution is -2.04. The molecule has 1 nitrogen and oxygen atoms in total. The topological polar surface area (TPSA) is 12.0 Å². The molecule has 0 atom stereocenters. The summed E-state index contributed by atoms with van der Waals surface area (Å²) in [6, 6.07) is 6.30.